The minimum absolute atomic E-state index is 0.0707. The molecule has 0 aromatic heterocycles. The molecule has 0 aliphatic rings. The summed E-state index contributed by atoms with van der Waals surface area (Å²) in [5.74, 6) is 0.210. The molecule has 0 aliphatic carbocycles. The van der Waals surface area contributed by atoms with Crippen LogP contribution in [0.25, 0.3) is 0 Å². The van der Waals surface area contributed by atoms with Gasteiger partial charge in [-0.1, -0.05) is 33.6 Å². The van der Waals surface area contributed by atoms with Crippen molar-refractivity contribution in [2.24, 2.45) is 5.92 Å². The van der Waals surface area contributed by atoms with Gasteiger partial charge in [0.2, 0.25) is 10.0 Å². The molecule has 2 unspecified atom stereocenters. The third-order valence-corrected chi connectivity index (χ3v) is 4.50. The quantitative estimate of drug-likeness (QED) is 0.687. The zero-order valence-electron chi connectivity index (χ0n) is 10.8. The summed E-state index contributed by atoms with van der Waals surface area (Å²) in [6, 6.07) is 0. The predicted molar refractivity (Wildman–Crippen MR) is 66.8 cm³/mol. The van der Waals surface area contributed by atoms with Gasteiger partial charge in [-0.05, 0) is 19.3 Å². The fourth-order valence-electron chi connectivity index (χ4n) is 1.28. The van der Waals surface area contributed by atoms with Crippen molar-refractivity contribution in [2.75, 3.05) is 12.3 Å². The Kier molecular flexibility index (Phi) is 6.51. The van der Waals surface area contributed by atoms with Gasteiger partial charge in [0.1, 0.15) is 0 Å². The second-order valence-electron chi connectivity index (χ2n) is 4.66. The van der Waals surface area contributed by atoms with E-state index in [2.05, 4.69) is 4.72 Å². The van der Waals surface area contributed by atoms with E-state index in [4.69, 9.17) is 0 Å². The number of nitrogens with one attached hydrogen (secondary N) is 1. The van der Waals surface area contributed by atoms with Crippen molar-refractivity contribution in [3.8, 4) is 0 Å². The monoisotopic (exact) mass is 251 g/mol. The van der Waals surface area contributed by atoms with Gasteiger partial charge in [-0.3, -0.25) is 0 Å². The maximum Gasteiger partial charge on any atom is 0.211 e. The number of hydrogen-bond donors (Lipinski definition) is 2. The van der Waals surface area contributed by atoms with E-state index in [9.17, 15) is 13.5 Å². The summed E-state index contributed by atoms with van der Waals surface area (Å²) < 4.78 is 25.5. The second-order valence-corrected chi connectivity index (χ2v) is 6.59. The van der Waals surface area contributed by atoms with Gasteiger partial charge in [0.25, 0.3) is 0 Å². The molecule has 0 spiro atoms. The van der Waals surface area contributed by atoms with E-state index in [1.165, 1.54) is 0 Å². The molecule has 0 saturated heterocycles. The van der Waals surface area contributed by atoms with Crippen LogP contribution in [-0.4, -0.2) is 31.4 Å². The van der Waals surface area contributed by atoms with E-state index in [-0.39, 0.29) is 18.2 Å². The van der Waals surface area contributed by atoms with Gasteiger partial charge in [0, 0.05) is 6.54 Å². The van der Waals surface area contributed by atoms with Gasteiger partial charge in [-0.2, -0.15) is 0 Å². The molecule has 0 fully saturated rings. The van der Waals surface area contributed by atoms with Crippen LogP contribution in [0.5, 0.6) is 0 Å². The van der Waals surface area contributed by atoms with Gasteiger partial charge in [-0.25, -0.2) is 13.1 Å². The highest BCUT2D eigenvalue weighted by molar-refractivity contribution is 7.89. The van der Waals surface area contributed by atoms with Crippen LogP contribution in [0.3, 0.4) is 0 Å². The van der Waals surface area contributed by atoms with Crippen LogP contribution in [-0.2, 0) is 10.0 Å². The van der Waals surface area contributed by atoms with E-state index in [0.29, 0.717) is 6.42 Å². The minimum Gasteiger partial charge on any atom is -0.389 e. The smallest absolute Gasteiger partial charge is 0.211 e. The average molecular weight is 251 g/mol. The van der Waals surface area contributed by atoms with Gasteiger partial charge in [0.05, 0.1) is 11.4 Å². The molecule has 0 rings (SSSR count). The number of unbranched alkanes of at least 4 members (excludes halogenated alkanes) is 1. The Bertz CT molecular complexity index is 286. The Morgan fingerprint density at radius 2 is 1.94 bits per heavy atom. The fraction of sp³-hybridized carbons (Fsp3) is 1.00. The molecular weight excluding hydrogens is 226 g/mol. The lowest BCUT2D eigenvalue weighted by atomic mass is 9.89. The maximum atomic E-state index is 11.5. The van der Waals surface area contributed by atoms with Crippen LogP contribution in [0.4, 0.5) is 0 Å². The second kappa shape index (κ2) is 6.57. The van der Waals surface area contributed by atoms with Crippen LogP contribution in [0.15, 0.2) is 0 Å². The maximum absolute atomic E-state index is 11.5. The SMILES string of the molecule is CCCCS(=O)(=O)NCC(C)(O)C(C)CC. The molecule has 0 amide bonds. The van der Waals surface area contributed by atoms with E-state index < -0.39 is 15.6 Å². The van der Waals surface area contributed by atoms with Crippen molar-refractivity contribution in [2.45, 2.75) is 52.6 Å². The Labute approximate surface area is 99.5 Å². The summed E-state index contributed by atoms with van der Waals surface area (Å²) in [5.41, 5.74) is -0.978. The number of aliphatic hydroxyl groups is 1. The molecule has 5 heteroatoms. The van der Waals surface area contributed by atoms with Crippen molar-refractivity contribution in [1.29, 1.82) is 0 Å². The van der Waals surface area contributed by atoms with Crippen molar-refractivity contribution >= 4 is 10.0 Å². The first-order valence-electron chi connectivity index (χ1n) is 5.95. The van der Waals surface area contributed by atoms with E-state index in [0.717, 1.165) is 12.8 Å². The highest BCUT2D eigenvalue weighted by Crippen LogP contribution is 2.19. The largest absolute Gasteiger partial charge is 0.389 e. The molecular formula is C11H25NO3S. The highest BCUT2D eigenvalue weighted by Gasteiger charge is 2.28. The summed E-state index contributed by atoms with van der Waals surface area (Å²) >= 11 is 0. The molecule has 98 valence electrons. The Balaban J connectivity index is 4.23. The fourth-order valence-corrected chi connectivity index (χ4v) is 2.60. The molecule has 0 radical (unpaired) electrons. The lowest BCUT2D eigenvalue weighted by Gasteiger charge is -2.29. The summed E-state index contributed by atoms with van der Waals surface area (Å²) in [4.78, 5) is 0. The van der Waals surface area contributed by atoms with Gasteiger partial charge in [-0.15, -0.1) is 0 Å². The Morgan fingerprint density at radius 1 is 1.38 bits per heavy atom. The third-order valence-electron chi connectivity index (χ3n) is 3.09. The molecule has 0 aliphatic heterocycles. The van der Waals surface area contributed by atoms with Crippen LogP contribution in [0.2, 0.25) is 0 Å². The highest BCUT2D eigenvalue weighted by atomic mass is 32.2. The molecule has 0 bridgehead atoms. The van der Waals surface area contributed by atoms with Crippen LogP contribution in [0.1, 0.15) is 47.0 Å². The van der Waals surface area contributed by atoms with E-state index >= 15 is 0 Å². The van der Waals surface area contributed by atoms with Gasteiger partial charge < -0.3 is 5.11 Å². The van der Waals surface area contributed by atoms with E-state index in [1.807, 2.05) is 20.8 Å². The average Bonchev–Trinajstić information content (AvgIpc) is 2.23. The summed E-state index contributed by atoms with van der Waals surface area (Å²) in [6.07, 6.45) is 2.33. The van der Waals surface area contributed by atoms with Gasteiger partial charge >= 0.3 is 0 Å². The molecule has 0 saturated carbocycles. The third kappa shape index (κ3) is 5.82. The molecule has 4 nitrogen and oxygen atoms in total. The van der Waals surface area contributed by atoms with Crippen molar-refractivity contribution in [3.63, 3.8) is 0 Å². The number of rotatable bonds is 8. The lowest BCUT2D eigenvalue weighted by Crippen LogP contribution is -2.45. The molecule has 2 N–H and O–H groups in total. The minimum atomic E-state index is -3.23. The zero-order valence-corrected chi connectivity index (χ0v) is 11.6. The van der Waals surface area contributed by atoms with Crippen LogP contribution < -0.4 is 4.72 Å². The Morgan fingerprint density at radius 3 is 2.38 bits per heavy atom. The van der Waals surface area contributed by atoms with Crippen LogP contribution >= 0.6 is 0 Å². The molecule has 0 heterocycles. The normalized spacial score (nSPS) is 18.1. The molecule has 2 atom stereocenters. The first-order chi connectivity index (χ1) is 7.25. The Hall–Kier alpha value is -0.130. The summed E-state index contributed by atoms with van der Waals surface area (Å²) in [6.45, 7) is 7.60. The molecule has 0 aromatic rings. The van der Waals surface area contributed by atoms with Crippen LogP contribution in [0, 0.1) is 5.92 Å². The molecule has 16 heavy (non-hydrogen) atoms. The number of hydrogen-bond acceptors (Lipinski definition) is 3. The van der Waals surface area contributed by atoms with Gasteiger partial charge in [0.15, 0.2) is 0 Å². The lowest BCUT2D eigenvalue weighted by molar-refractivity contribution is 0.0102. The zero-order chi connectivity index (χ0) is 12.8. The number of sulfonamides is 1. The topological polar surface area (TPSA) is 66.4 Å². The van der Waals surface area contributed by atoms with Crippen molar-refractivity contribution in [3.05, 3.63) is 0 Å². The summed E-state index contributed by atoms with van der Waals surface area (Å²) in [5, 5.41) is 10.0. The first-order valence-corrected chi connectivity index (χ1v) is 7.60. The molecule has 0 aromatic carbocycles. The van der Waals surface area contributed by atoms with E-state index in [1.54, 1.807) is 6.92 Å². The summed E-state index contributed by atoms with van der Waals surface area (Å²) in [7, 11) is -3.23. The standard InChI is InChI=1S/C11H25NO3S/c1-5-7-8-16(14,15)12-9-11(4,13)10(3)6-2/h10,12-13H,5-9H2,1-4H3. The predicted octanol–water partition coefficient (Wildman–Crippen LogP) is 1.50. The first kappa shape index (κ1) is 15.9. The van der Waals surface area contributed by atoms with Crippen molar-refractivity contribution in [1.82, 2.24) is 4.72 Å². The van der Waals surface area contributed by atoms with Crippen molar-refractivity contribution < 1.29 is 13.5 Å².